The molecule has 0 aliphatic carbocycles. The summed E-state index contributed by atoms with van der Waals surface area (Å²) in [5, 5.41) is 5.07. The van der Waals surface area contributed by atoms with Gasteiger partial charge in [-0.25, -0.2) is 0 Å². The summed E-state index contributed by atoms with van der Waals surface area (Å²) in [6, 6.07) is 52.4. The predicted molar refractivity (Wildman–Crippen MR) is 213 cm³/mol. The van der Waals surface area contributed by atoms with Crippen molar-refractivity contribution in [2.75, 3.05) is 9.80 Å². The SMILES string of the molecule is CC(C)(C)c1cc2ccccc2cc1N1c2ccccc2B2c3ccccc3N(c3cc4ccccc4cc3C(C)(C)C)c3cccc1c32. The molecule has 7 aromatic rings. The Labute approximate surface area is 290 Å². The van der Waals surface area contributed by atoms with E-state index >= 15 is 0 Å². The smallest absolute Gasteiger partial charge is 0.252 e. The van der Waals surface area contributed by atoms with Crippen LogP contribution >= 0.6 is 0 Å². The van der Waals surface area contributed by atoms with E-state index in [9.17, 15) is 0 Å². The molecule has 0 bridgehead atoms. The fourth-order valence-corrected chi connectivity index (χ4v) is 8.38. The molecule has 0 N–H and O–H groups in total. The van der Waals surface area contributed by atoms with Crippen LogP contribution < -0.4 is 26.2 Å². The zero-order valence-corrected chi connectivity index (χ0v) is 29.3. The van der Waals surface area contributed by atoms with Gasteiger partial charge in [-0.1, -0.05) is 133 Å². The molecule has 2 nitrogen and oxygen atoms in total. The summed E-state index contributed by atoms with van der Waals surface area (Å²) in [5.41, 5.74) is 14.1. The van der Waals surface area contributed by atoms with Crippen molar-refractivity contribution in [1.82, 2.24) is 0 Å². The summed E-state index contributed by atoms with van der Waals surface area (Å²) in [6.07, 6.45) is 0. The van der Waals surface area contributed by atoms with Gasteiger partial charge in [-0.2, -0.15) is 0 Å². The molecule has 0 spiro atoms. The molecule has 2 heterocycles. The normalized spacial score (nSPS) is 13.8. The molecule has 0 aromatic heterocycles. The first-order chi connectivity index (χ1) is 23.6. The van der Waals surface area contributed by atoms with Crippen molar-refractivity contribution < 1.29 is 0 Å². The number of rotatable bonds is 2. The first-order valence-electron chi connectivity index (χ1n) is 17.6. The lowest BCUT2D eigenvalue weighted by molar-refractivity contribution is 0.591. The van der Waals surface area contributed by atoms with Gasteiger partial charge in [0.15, 0.2) is 0 Å². The molecular weight excluding hydrogens is 591 g/mol. The molecule has 0 saturated carbocycles. The maximum atomic E-state index is 2.56. The monoisotopic (exact) mass is 632 g/mol. The molecule has 3 heteroatoms. The molecule has 0 saturated heterocycles. The van der Waals surface area contributed by atoms with E-state index in [0.29, 0.717) is 0 Å². The average Bonchev–Trinajstić information content (AvgIpc) is 3.09. The van der Waals surface area contributed by atoms with Crippen molar-refractivity contribution in [3.05, 3.63) is 151 Å². The molecule has 9 rings (SSSR count). The Kier molecular flexibility index (Phi) is 6.46. The number of fused-ring (bicyclic) bond motifs is 6. The molecule has 0 atom stereocenters. The van der Waals surface area contributed by atoms with Gasteiger partial charge < -0.3 is 9.80 Å². The third-order valence-electron chi connectivity index (χ3n) is 10.6. The van der Waals surface area contributed by atoms with E-state index in [1.54, 1.807) is 0 Å². The topological polar surface area (TPSA) is 6.48 Å². The van der Waals surface area contributed by atoms with Gasteiger partial charge in [0.05, 0.1) is 11.4 Å². The Balaban J connectivity index is 1.38. The molecule has 2 aliphatic heterocycles. The largest absolute Gasteiger partial charge is 0.311 e. The molecule has 49 heavy (non-hydrogen) atoms. The van der Waals surface area contributed by atoms with Crippen molar-refractivity contribution in [3.8, 4) is 0 Å². The fraction of sp³-hybridized carbons (Fsp3) is 0.174. The summed E-state index contributed by atoms with van der Waals surface area (Å²) in [4.78, 5) is 5.13. The van der Waals surface area contributed by atoms with Crippen LogP contribution in [0.25, 0.3) is 21.5 Å². The highest BCUT2D eigenvalue weighted by Gasteiger charge is 2.44. The van der Waals surface area contributed by atoms with Gasteiger partial charge in [0.25, 0.3) is 6.71 Å². The minimum Gasteiger partial charge on any atom is -0.311 e. The van der Waals surface area contributed by atoms with Crippen molar-refractivity contribution in [2.45, 2.75) is 52.4 Å². The molecule has 0 radical (unpaired) electrons. The lowest BCUT2D eigenvalue weighted by atomic mass is 9.33. The van der Waals surface area contributed by atoms with E-state index in [-0.39, 0.29) is 17.5 Å². The van der Waals surface area contributed by atoms with Crippen LogP contribution in [0.4, 0.5) is 34.1 Å². The fourth-order valence-electron chi connectivity index (χ4n) is 8.38. The van der Waals surface area contributed by atoms with E-state index in [1.807, 2.05) is 0 Å². The van der Waals surface area contributed by atoms with Crippen molar-refractivity contribution in [3.63, 3.8) is 0 Å². The number of para-hydroxylation sites is 2. The second kappa shape index (κ2) is 10.6. The van der Waals surface area contributed by atoms with Crippen molar-refractivity contribution in [2.24, 2.45) is 0 Å². The maximum absolute atomic E-state index is 2.56. The second-order valence-electron chi connectivity index (χ2n) is 15.9. The summed E-state index contributed by atoms with van der Waals surface area (Å²) < 4.78 is 0. The van der Waals surface area contributed by atoms with Gasteiger partial charge in [-0.15, -0.1) is 0 Å². The predicted octanol–water partition coefficient (Wildman–Crippen LogP) is 10.7. The van der Waals surface area contributed by atoms with E-state index in [1.165, 1.54) is 83.2 Å². The minimum atomic E-state index is -0.0641. The van der Waals surface area contributed by atoms with Gasteiger partial charge in [0.2, 0.25) is 0 Å². The zero-order chi connectivity index (χ0) is 33.7. The number of nitrogens with zero attached hydrogens (tertiary/aromatic N) is 2. The van der Waals surface area contributed by atoms with Crippen LogP contribution in [-0.2, 0) is 10.8 Å². The molecule has 7 aromatic carbocycles. The number of hydrogen-bond acceptors (Lipinski definition) is 2. The first-order valence-corrected chi connectivity index (χ1v) is 17.6. The van der Waals surface area contributed by atoms with Gasteiger partial charge in [-0.3, -0.25) is 0 Å². The van der Waals surface area contributed by atoms with E-state index in [2.05, 4.69) is 191 Å². The highest BCUT2D eigenvalue weighted by molar-refractivity contribution is 7.00. The van der Waals surface area contributed by atoms with Gasteiger partial charge in [0.1, 0.15) is 0 Å². The molecule has 2 aliphatic rings. The van der Waals surface area contributed by atoms with Crippen LogP contribution in [-0.4, -0.2) is 6.71 Å². The van der Waals surface area contributed by atoms with Crippen LogP contribution in [0.5, 0.6) is 0 Å². The van der Waals surface area contributed by atoms with Crippen LogP contribution in [0.2, 0.25) is 0 Å². The van der Waals surface area contributed by atoms with Gasteiger partial charge >= 0.3 is 0 Å². The minimum absolute atomic E-state index is 0.0641. The van der Waals surface area contributed by atoms with Crippen LogP contribution in [0.3, 0.4) is 0 Å². The van der Waals surface area contributed by atoms with Gasteiger partial charge in [-0.05, 0) is 108 Å². The van der Waals surface area contributed by atoms with Gasteiger partial charge in [0, 0.05) is 22.7 Å². The Morgan fingerprint density at radius 2 is 0.714 bits per heavy atom. The Morgan fingerprint density at radius 3 is 1.12 bits per heavy atom. The lowest BCUT2D eigenvalue weighted by Gasteiger charge is -2.45. The quantitative estimate of drug-likeness (QED) is 0.175. The summed E-state index contributed by atoms with van der Waals surface area (Å²) in [7, 11) is 0. The summed E-state index contributed by atoms with van der Waals surface area (Å²) in [6.45, 7) is 14.1. The number of benzene rings is 7. The average molecular weight is 633 g/mol. The molecular formula is C46H41BN2. The highest BCUT2D eigenvalue weighted by Crippen LogP contribution is 2.48. The first kappa shape index (κ1) is 29.8. The Bertz CT molecular complexity index is 2280. The summed E-state index contributed by atoms with van der Waals surface area (Å²) in [5.74, 6) is 0. The van der Waals surface area contributed by atoms with Crippen molar-refractivity contribution in [1.29, 1.82) is 0 Å². The maximum Gasteiger partial charge on any atom is 0.252 e. The second-order valence-corrected chi connectivity index (χ2v) is 15.9. The zero-order valence-electron chi connectivity index (χ0n) is 29.3. The molecule has 0 unspecified atom stereocenters. The van der Waals surface area contributed by atoms with E-state index in [0.717, 1.165) is 0 Å². The summed E-state index contributed by atoms with van der Waals surface area (Å²) >= 11 is 0. The highest BCUT2D eigenvalue weighted by atomic mass is 15.2. The lowest BCUT2D eigenvalue weighted by Crippen LogP contribution is -2.61. The standard InChI is InChI=1S/C46H41BN2/c1-45(2,3)34-26-30-16-7-9-18-32(30)28-42(34)48-38-22-13-11-20-36(38)47-37-21-12-14-23-39(37)49(41-25-15-24-40(48)44(41)47)43-29-33-19-10-8-17-31(33)27-35(43)46(4,5)6/h7-29H,1-6H3. The third kappa shape index (κ3) is 4.56. The van der Waals surface area contributed by atoms with Crippen LogP contribution in [0.15, 0.2) is 140 Å². The third-order valence-corrected chi connectivity index (χ3v) is 10.6. The van der Waals surface area contributed by atoms with Crippen LogP contribution in [0, 0.1) is 0 Å². The Morgan fingerprint density at radius 1 is 0.367 bits per heavy atom. The van der Waals surface area contributed by atoms with Crippen molar-refractivity contribution >= 4 is 78.8 Å². The Hall–Kier alpha value is -5.28. The number of hydrogen-bond donors (Lipinski definition) is 0. The molecule has 238 valence electrons. The molecule has 0 fully saturated rings. The van der Waals surface area contributed by atoms with E-state index < -0.39 is 0 Å². The van der Waals surface area contributed by atoms with Crippen LogP contribution in [0.1, 0.15) is 52.7 Å². The number of anilines is 6. The molecule has 0 amide bonds. The van der Waals surface area contributed by atoms with E-state index in [4.69, 9.17) is 0 Å².